The minimum absolute atomic E-state index is 0.133. The molecule has 0 heterocycles. The van der Waals surface area contributed by atoms with Crippen LogP contribution in [-0.2, 0) is 0 Å². The maximum atomic E-state index is 11.8. The molecule has 32 heavy (non-hydrogen) atoms. The van der Waals surface area contributed by atoms with Crippen LogP contribution in [0.5, 0.6) is 0 Å². The second-order valence-electron chi connectivity index (χ2n) is 9.39. The average Bonchev–Trinajstić information content (AvgIpc) is 2.72. The molecular formula is C27H36N3O2-. The van der Waals surface area contributed by atoms with Crippen LogP contribution >= 0.6 is 0 Å². The predicted molar refractivity (Wildman–Crippen MR) is 135 cm³/mol. The summed E-state index contributed by atoms with van der Waals surface area (Å²) in [4.78, 5) is 16.0. The van der Waals surface area contributed by atoms with Gasteiger partial charge in [-0.25, -0.2) is 4.99 Å². The molecule has 0 aliphatic carbocycles. The van der Waals surface area contributed by atoms with Gasteiger partial charge >= 0.3 is 0 Å². The van der Waals surface area contributed by atoms with Gasteiger partial charge in [-0.2, -0.15) is 0 Å². The van der Waals surface area contributed by atoms with Crippen LogP contribution in [0.4, 0.5) is 11.4 Å². The van der Waals surface area contributed by atoms with E-state index in [1.807, 2.05) is 36.4 Å². The summed E-state index contributed by atoms with van der Waals surface area (Å²) in [6, 6.07) is 12.2. The number of hydrogen-bond acceptors (Lipinski definition) is 3. The zero-order valence-electron chi connectivity index (χ0n) is 20.6. The van der Waals surface area contributed by atoms with E-state index in [-0.39, 0.29) is 29.4 Å². The van der Waals surface area contributed by atoms with Gasteiger partial charge in [-0.1, -0.05) is 109 Å². The number of nitrogens with zero attached hydrogens (tertiary/aromatic N) is 3. The van der Waals surface area contributed by atoms with Gasteiger partial charge in [0.1, 0.15) is 6.21 Å². The third-order valence-corrected chi connectivity index (χ3v) is 5.55. The number of allylic oxidation sites excluding steroid dienone is 1. The maximum Gasteiger partial charge on any atom is 0.265 e. The van der Waals surface area contributed by atoms with E-state index in [1.54, 1.807) is 0 Å². The summed E-state index contributed by atoms with van der Waals surface area (Å²) in [5.41, 5.74) is 5.83. The van der Waals surface area contributed by atoms with Crippen LogP contribution in [0.1, 0.15) is 101 Å². The first-order valence-corrected chi connectivity index (χ1v) is 11.4. The molecule has 0 bridgehead atoms. The summed E-state index contributed by atoms with van der Waals surface area (Å²) in [6.07, 6.45) is 2.67. The first-order chi connectivity index (χ1) is 15.0. The van der Waals surface area contributed by atoms with Gasteiger partial charge in [0, 0.05) is 0 Å². The first kappa shape index (κ1) is 25.3. The van der Waals surface area contributed by atoms with E-state index in [0.29, 0.717) is 0 Å². The van der Waals surface area contributed by atoms with Crippen LogP contribution < -0.4 is 0 Å². The molecule has 2 aromatic carbocycles. The highest BCUT2D eigenvalue weighted by molar-refractivity contribution is 5.81. The van der Waals surface area contributed by atoms with Crippen LogP contribution in [0.15, 0.2) is 53.3 Å². The molecule has 0 N–H and O–H groups in total. The van der Waals surface area contributed by atoms with Crippen molar-refractivity contribution >= 4 is 17.6 Å². The summed E-state index contributed by atoms with van der Waals surface area (Å²) < 4.78 is 0. The normalized spacial score (nSPS) is 12.6. The molecule has 2 rings (SSSR count). The zero-order valence-corrected chi connectivity index (χ0v) is 20.6. The molecule has 0 spiro atoms. The van der Waals surface area contributed by atoms with Gasteiger partial charge in [0.05, 0.1) is 10.6 Å². The Morgan fingerprint density at radius 1 is 0.812 bits per heavy atom. The maximum absolute atomic E-state index is 11.8. The molecule has 0 saturated heterocycles. The minimum Gasteiger partial charge on any atom is -0.658 e. The van der Waals surface area contributed by atoms with Crippen molar-refractivity contribution in [2.45, 2.75) is 79.1 Å². The van der Waals surface area contributed by atoms with Crippen LogP contribution in [0, 0.1) is 10.1 Å². The lowest BCUT2D eigenvalue weighted by Crippen LogP contribution is -2.02. The van der Waals surface area contributed by atoms with E-state index in [2.05, 4.69) is 65.7 Å². The van der Waals surface area contributed by atoms with E-state index in [1.165, 1.54) is 12.4 Å². The van der Waals surface area contributed by atoms with Crippen molar-refractivity contribution in [2.24, 2.45) is 4.99 Å². The summed E-state index contributed by atoms with van der Waals surface area (Å²) in [7, 11) is 0. The highest BCUT2D eigenvalue weighted by atomic mass is 16.6. The standard InChI is InChI=1S/C27H36N3O2/c1-17(2)22-11-9-12-23(18(3)4)26(22)28-15-21(30(31)32)16-29-27-24(19(5)6)13-10-14-25(27)20(7)8/h9-20H,1-8H3/q-1/b21-15-,29-16?. The topological polar surface area (TPSA) is 69.6 Å². The van der Waals surface area contributed by atoms with E-state index in [4.69, 9.17) is 0 Å². The number of aliphatic imine (C=N–C) groups is 1. The van der Waals surface area contributed by atoms with Crippen molar-refractivity contribution in [1.82, 2.24) is 0 Å². The molecule has 0 aliphatic heterocycles. The fraction of sp³-hybridized carbons (Fsp3) is 0.444. The van der Waals surface area contributed by atoms with E-state index in [0.717, 1.165) is 33.6 Å². The van der Waals surface area contributed by atoms with E-state index >= 15 is 0 Å². The number of benzene rings is 2. The molecule has 0 unspecified atom stereocenters. The van der Waals surface area contributed by atoms with Crippen molar-refractivity contribution < 1.29 is 4.92 Å². The molecular weight excluding hydrogens is 398 g/mol. The van der Waals surface area contributed by atoms with Crippen LogP contribution in [0.2, 0.25) is 0 Å². The largest absolute Gasteiger partial charge is 0.658 e. The Morgan fingerprint density at radius 2 is 1.22 bits per heavy atom. The highest BCUT2D eigenvalue weighted by Crippen LogP contribution is 2.38. The Kier molecular flexibility index (Phi) is 8.76. The molecule has 0 amide bonds. The zero-order chi connectivity index (χ0) is 24.0. The Bertz CT molecular complexity index is 949. The molecule has 172 valence electrons. The van der Waals surface area contributed by atoms with Crippen molar-refractivity contribution in [3.05, 3.63) is 86.0 Å². The third-order valence-electron chi connectivity index (χ3n) is 5.55. The summed E-state index contributed by atoms with van der Waals surface area (Å²) in [6.45, 7) is 16.8. The summed E-state index contributed by atoms with van der Waals surface area (Å²) in [5.74, 6) is 1.06. The van der Waals surface area contributed by atoms with Crippen molar-refractivity contribution in [3.63, 3.8) is 0 Å². The van der Waals surface area contributed by atoms with Crippen molar-refractivity contribution in [2.75, 3.05) is 0 Å². The highest BCUT2D eigenvalue weighted by Gasteiger charge is 2.14. The van der Waals surface area contributed by atoms with E-state index < -0.39 is 4.92 Å². The lowest BCUT2D eigenvalue weighted by molar-refractivity contribution is -0.414. The number of nitro groups is 1. The summed E-state index contributed by atoms with van der Waals surface area (Å²) >= 11 is 0. The first-order valence-electron chi connectivity index (χ1n) is 11.4. The van der Waals surface area contributed by atoms with E-state index in [9.17, 15) is 10.1 Å². The minimum atomic E-state index is -0.424. The molecule has 0 aromatic heterocycles. The van der Waals surface area contributed by atoms with Gasteiger partial charge in [-0.05, 0) is 34.8 Å². The second kappa shape index (κ2) is 11.1. The molecule has 0 saturated carbocycles. The number of para-hydroxylation sites is 2. The van der Waals surface area contributed by atoms with Gasteiger partial charge in [0.25, 0.3) is 5.70 Å². The molecule has 0 aliphatic rings. The van der Waals surface area contributed by atoms with Crippen molar-refractivity contribution in [3.8, 4) is 0 Å². The summed E-state index contributed by atoms with van der Waals surface area (Å²) in [5, 5.41) is 16.4. The Morgan fingerprint density at radius 3 is 1.59 bits per heavy atom. The number of rotatable bonds is 9. The van der Waals surface area contributed by atoms with Gasteiger partial charge in [0.2, 0.25) is 0 Å². The van der Waals surface area contributed by atoms with Gasteiger partial charge in [-0.15, -0.1) is 5.69 Å². The Labute approximate surface area is 192 Å². The fourth-order valence-corrected chi connectivity index (χ4v) is 3.71. The third kappa shape index (κ3) is 6.06. The van der Waals surface area contributed by atoms with Gasteiger partial charge in [0.15, 0.2) is 0 Å². The predicted octanol–water partition coefficient (Wildman–Crippen LogP) is 8.71. The van der Waals surface area contributed by atoms with Crippen LogP contribution in [-0.4, -0.2) is 11.1 Å². The average molecular weight is 435 g/mol. The Hall–Kier alpha value is -2.95. The molecule has 2 aromatic rings. The monoisotopic (exact) mass is 434 g/mol. The lowest BCUT2D eigenvalue weighted by atomic mass is 9.93. The number of hydrogen-bond donors (Lipinski definition) is 0. The smallest absolute Gasteiger partial charge is 0.265 e. The molecule has 0 radical (unpaired) electrons. The fourth-order valence-electron chi connectivity index (χ4n) is 3.71. The lowest BCUT2D eigenvalue weighted by Gasteiger charge is -2.28. The quantitative estimate of drug-likeness (QED) is 0.225. The molecule has 0 fully saturated rings. The molecule has 0 atom stereocenters. The van der Waals surface area contributed by atoms with Crippen molar-refractivity contribution in [1.29, 1.82) is 0 Å². The molecule has 5 nitrogen and oxygen atoms in total. The van der Waals surface area contributed by atoms with Crippen LogP contribution in [0.25, 0.3) is 5.32 Å². The SMILES string of the molecule is CC(C)c1cccc(C(C)C)c1N=C/C(=C/[N-]c1c(C(C)C)cccc1C(C)C)[N+](=O)[O-]. The second-order valence-corrected chi connectivity index (χ2v) is 9.39. The Balaban J connectivity index is 2.51. The van der Waals surface area contributed by atoms with Crippen LogP contribution in [0.3, 0.4) is 0 Å². The molecule has 5 heteroatoms. The van der Waals surface area contributed by atoms with Gasteiger partial charge in [-0.3, -0.25) is 10.1 Å². The van der Waals surface area contributed by atoms with Gasteiger partial charge < -0.3 is 5.32 Å².